The maximum Gasteiger partial charge on any atom is 0.160 e. The molecule has 0 aliphatic carbocycles. The van der Waals surface area contributed by atoms with Crippen molar-refractivity contribution in [2.75, 3.05) is 24.7 Å². The van der Waals surface area contributed by atoms with E-state index in [4.69, 9.17) is 9.72 Å². The van der Waals surface area contributed by atoms with Gasteiger partial charge in [0.2, 0.25) is 0 Å². The number of imidazole rings is 1. The Bertz CT molecular complexity index is 600. The number of nitrogens with zero attached hydrogens (tertiary/aromatic N) is 3. The van der Waals surface area contributed by atoms with E-state index in [-0.39, 0.29) is 0 Å². The van der Waals surface area contributed by atoms with Crippen molar-refractivity contribution in [3.63, 3.8) is 0 Å². The molecule has 1 atom stereocenters. The van der Waals surface area contributed by atoms with Crippen molar-refractivity contribution >= 4 is 22.9 Å². The molecule has 20 heavy (non-hydrogen) atoms. The van der Waals surface area contributed by atoms with Crippen LogP contribution in [0.25, 0.3) is 11.2 Å². The third-order valence-corrected chi connectivity index (χ3v) is 5.38. The summed E-state index contributed by atoms with van der Waals surface area (Å²) in [7, 11) is 0. The van der Waals surface area contributed by atoms with Crippen LogP contribution < -0.4 is 0 Å². The van der Waals surface area contributed by atoms with Crippen LogP contribution in [0.4, 0.5) is 0 Å². The van der Waals surface area contributed by atoms with Crippen LogP contribution in [0.1, 0.15) is 37.0 Å². The van der Waals surface area contributed by atoms with Gasteiger partial charge in [-0.3, -0.25) is 0 Å². The highest BCUT2D eigenvalue weighted by Gasteiger charge is 2.28. The number of hydrogen-bond donors (Lipinski definition) is 0. The van der Waals surface area contributed by atoms with E-state index in [0.29, 0.717) is 12.0 Å². The van der Waals surface area contributed by atoms with Crippen molar-refractivity contribution in [2.24, 2.45) is 0 Å². The SMILES string of the molecule is c1cnc2c(c1)nc(C1CCSCC1)n2C1CCOC1. The average molecular weight is 289 g/mol. The Morgan fingerprint density at radius 1 is 1.25 bits per heavy atom. The van der Waals surface area contributed by atoms with E-state index in [2.05, 4.69) is 27.4 Å². The first-order valence-corrected chi connectivity index (χ1v) is 8.57. The van der Waals surface area contributed by atoms with Crippen LogP contribution in [0.3, 0.4) is 0 Å². The molecule has 106 valence electrons. The normalized spacial score (nSPS) is 24.5. The second-order valence-corrected chi connectivity index (χ2v) is 6.81. The monoisotopic (exact) mass is 289 g/mol. The van der Waals surface area contributed by atoms with Gasteiger partial charge in [0, 0.05) is 18.7 Å². The first-order chi connectivity index (χ1) is 9.93. The van der Waals surface area contributed by atoms with Gasteiger partial charge < -0.3 is 9.30 Å². The topological polar surface area (TPSA) is 39.9 Å². The molecule has 5 heteroatoms. The Labute approximate surface area is 122 Å². The second-order valence-electron chi connectivity index (χ2n) is 5.59. The van der Waals surface area contributed by atoms with Crippen molar-refractivity contribution < 1.29 is 4.74 Å². The fourth-order valence-electron chi connectivity index (χ4n) is 3.28. The van der Waals surface area contributed by atoms with Gasteiger partial charge in [0.05, 0.1) is 12.6 Å². The number of aromatic nitrogens is 3. The van der Waals surface area contributed by atoms with Crippen LogP contribution in [0.2, 0.25) is 0 Å². The number of hydrogen-bond acceptors (Lipinski definition) is 4. The summed E-state index contributed by atoms with van der Waals surface area (Å²) >= 11 is 2.06. The zero-order chi connectivity index (χ0) is 13.4. The third kappa shape index (κ3) is 2.13. The zero-order valence-corrected chi connectivity index (χ0v) is 12.3. The van der Waals surface area contributed by atoms with E-state index < -0.39 is 0 Å². The van der Waals surface area contributed by atoms with Crippen LogP contribution in [0.5, 0.6) is 0 Å². The van der Waals surface area contributed by atoms with Crippen LogP contribution in [-0.2, 0) is 4.74 Å². The largest absolute Gasteiger partial charge is 0.379 e. The summed E-state index contributed by atoms with van der Waals surface area (Å²) in [5.41, 5.74) is 2.07. The number of fused-ring (bicyclic) bond motifs is 1. The van der Waals surface area contributed by atoms with Gasteiger partial charge >= 0.3 is 0 Å². The minimum atomic E-state index is 0.416. The molecule has 2 aromatic heterocycles. The fraction of sp³-hybridized carbons (Fsp3) is 0.600. The first-order valence-electron chi connectivity index (χ1n) is 7.42. The highest BCUT2D eigenvalue weighted by molar-refractivity contribution is 7.99. The molecule has 1 unspecified atom stereocenters. The standard InChI is InChI=1S/C15H19N3OS/c1-2-13-15(16-6-1)18(12-3-7-19-10-12)14(17-13)11-4-8-20-9-5-11/h1-2,6,11-12H,3-5,7-10H2. The zero-order valence-electron chi connectivity index (χ0n) is 11.5. The predicted octanol–water partition coefficient (Wildman–Crippen LogP) is 3.00. The Kier molecular flexibility index (Phi) is 3.40. The summed E-state index contributed by atoms with van der Waals surface area (Å²) in [5, 5.41) is 0. The summed E-state index contributed by atoms with van der Waals surface area (Å²) in [6.45, 7) is 1.66. The van der Waals surface area contributed by atoms with Gasteiger partial charge in [0.1, 0.15) is 11.3 Å². The molecular weight excluding hydrogens is 270 g/mol. The second kappa shape index (κ2) is 5.37. The van der Waals surface area contributed by atoms with Gasteiger partial charge in [-0.25, -0.2) is 9.97 Å². The Balaban J connectivity index is 1.82. The lowest BCUT2D eigenvalue weighted by atomic mass is 10.0. The van der Waals surface area contributed by atoms with Gasteiger partial charge in [-0.15, -0.1) is 0 Å². The Morgan fingerprint density at radius 3 is 2.95 bits per heavy atom. The molecule has 4 rings (SSSR count). The van der Waals surface area contributed by atoms with Crippen LogP contribution in [0.15, 0.2) is 18.3 Å². The number of pyridine rings is 1. The first kappa shape index (κ1) is 12.7. The summed E-state index contributed by atoms with van der Waals surface area (Å²) in [6.07, 6.45) is 5.43. The maximum atomic E-state index is 5.59. The molecule has 2 fully saturated rings. The van der Waals surface area contributed by atoms with Gasteiger partial charge in [0.15, 0.2) is 5.65 Å². The molecule has 4 heterocycles. The molecule has 0 aromatic carbocycles. The molecule has 2 aliphatic rings. The molecule has 0 amide bonds. The highest BCUT2D eigenvalue weighted by Crippen LogP contribution is 2.35. The van der Waals surface area contributed by atoms with E-state index in [1.807, 2.05) is 12.3 Å². The van der Waals surface area contributed by atoms with E-state index in [0.717, 1.165) is 30.8 Å². The predicted molar refractivity (Wildman–Crippen MR) is 81.3 cm³/mol. The molecule has 0 bridgehead atoms. The molecule has 0 spiro atoms. The van der Waals surface area contributed by atoms with Crippen molar-refractivity contribution in [2.45, 2.75) is 31.2 Å². The lowest BCUT2D eigenvalue weighted by molar-refractivity contribution is 0.186. The van der Waals surface area contributed by atoms with Gasteiger partial charge in [-0.2, -0.15) is 11.8 Å². The highest BCUT2D eigenvalue weighted by atomic mass is 32.2. The molecule has 0 saturated carbocycles. The van der Waals surface area contributed by atoms with E-state index in [1.165, 1.54) is 30.2 Å². The summed E-state index contributed by atoms with van der Waals surface area (Å²) in [5.74, 6) is 4.34. The number of rotatable bonds is 2. The number of thioether (sulfide) groups is 1. The summed E-state index contributed by atoms with van der Waals surface area (Å²) < 4.78 is 7.97. The van der Waals surface area contributed by atoms with Crippen molar-refractivity contribution in [1.82, 2.24) is 14.5 Å². The minimum absolute atomic E-state index is 0.416. The van der Waals surface area contributed by atoms with Gasteiger partial charge in [0.25, 0.3) is 0 Å². The molecule has 2 saturated heterocycles. The minimum Gasteiger partial charge on any atom is -0.379 e. The quantitative estimate of drug-likeness (QED) is 0.852. The van der Waals surface area contributed by atoms with Crippen molar-refractivity contribution in [1.29, 1.82) is 0 Å². The molecular formula is C15H19N3OS. The Morgan fingerprint density at radius 2 is 2.15 bits per heavy atom. The van der Waals surface area contributed by atoms with Crippen LogP contribution in [0, 0.1) is 0 Å². The molecule has 2 aromatic rings. The lowest BCUT2D eigenvalue weighted by Crippen LogP contribution is -2.18. The van der Waals surface area contributed by atoms with E-state index in [1.54, 1.807) is 0 Å². The van der Waals surface area contributed by atoms with E-state index in [9.17, 15) is 0 Å². The summed E-state index contributed by atoms with van der Waals surface area (Å²) in [6, 6.07) is 4.47. The molecule has 4 nitrogen and oxygen atoms in total. The smallest absolute Gasteiger partial charge is 0.160 e. The third-order valence-electron chi connectivity index (χ3n) is 4.33. The van der Waals surface area contributed by atoms with Gasteiger partial charge in [-0.05, 0) is 42.9 Å². The van der Waals surface area contributed by atoms with Crippen LogP contribution >= 0.6 is 11.8 Å². The van der Waals surface area contributed by atoms with Crippen LogP contribution in [-0.4, -0.2) is 39.3 Å². The number of ether oxygens (including phenoxy) is 1. The Hall–Kier alpha value is -1.07. The molecule has 0 N–H and O–H groups in total. The molecule has 2 aliphatic heterocycles. The maximum absolute atomic E-state index is 5.59. The average Bonchev–Trinajstić information content (AvgIpc) is 3.14. The van der Waals surface area contributed by atoms with Crippen molar-refractivity contribution in [3.8, 4) is 0 Å². The van der Waals surface area contributed by atoms with E-state index >= 15 is 0 Å². The van der Waals surface area contributed by atoms with Crippen molar-refractivity contribution in [3.05, 3.63) is 24.2 Å². The lowest BCUT2D eigenvalue weighted by Gasteiger charge is -2.24. The summed E-state index contributed by atoms with van der Waals surface area (Å²) in [4.78, 5) is 9.50. The van der Waals surface area contributed by atoms with Gasteiger partial charge in [-0.1, -0.05) is 0 Å². The fourth-order valence-corrected chi connectivity index (χ4v) is 4.38. The molecule has 0 radical (unpaired) electrons.